The van der Waals surface area contributed by atoms with Crippen molar-refractivity contribution < 1.29 is 24.6 Å². The summed E-state index contributed by atoms with van der Waals surface area (Å²) >= 11 is 0. The van der Waals surface area contributed by atoms with Gasteiger partial charge in [-0.2, -0.15) is 0 Å². The zero-order valence-corrected chi connectivity index (χ0v) is 11.9. The van der Waals surface area contributed by atoms with Gasteiger partial charge in [-0.15, -0.1) is 0 Å². The number of nitrogens with zero attached hydrogens (tertiary/aromatic N) is 2. The van der Waals surface area contributed by atoms with E-state index in [0.717, 1.165) is 0 Å². The van der Waals surface area contributed by atoms with Crippen molar-refractivity contribution in [1.29, 1.82) is 0 Å². The van der Waals surface area contributed by atoms with E-state index >= 15 is 0 Å². The van der Waals surface area contributed by atoms with E-state index in [1.165, 1.54) is 9.80 Å². The number of hydrogen-bond acceptors (Lipinski definition) is 4. The lowest BCUT2D eigenvalue weighted by Crippen LogP contribution is -2.55. The molecule has 0 bridgehead atoms. The van der Waals surface area contributed by atoms with Gasteiger partial charge in [0.1, 0.15) is 6.04 Å². The van der Waals surface area contributed by atoms with Crippen LogP contribution in [0.3, 0.4) is 0 Å². The molecular formula is C13H21N3O5. The third kappa shape index (κ3) is 3.10. The van der Waals surface area contributed by atoms with E-state index < -0.39 is 36.0 Å². The first kappa shape index (κ1) is 15.6. The largest absolute Gasteiger partial charge is 0.480 e. The number of carboxylic acid groups (broad SMARTS) is 1. The summed E-state index contributed by atoms with van der Waals surface area (Å²) in [5, 5.41) is 18.8. The Hall–Kier alpha value is -1.83. The fraction of sp³-hybridized carbons (Fsp3) is 0.769. The summed E-state index contributed by atoms with van der Waals surface area (Å²) in [5.74, 6) is -1.98. The lowest BCUT2D eigenvalue weighted by atomic mass is 9.93. The molecule has 3 unspecified atom stereocenters. The van der Waals surface area contributed by atoms with Crippen molar-refractivity contribution in [2.24, 2.45) is 11.7 Å². The van der Waals surface area contributed by atoms with Gasteiger partial charge < -0.3 is 25.7 Å². The van der Waals surface area contributed by atoms with Gasteiger partial charge in [0.25, 0.3) is 0 Å². The molecule has 2 saturated heterocycles. The molecule has 2 fully saturated rings. The summed E-state index contributed by atoms with van der Waals surface area (Å²) in [6, 6.07) is -1.55. The van der Waals surface area contributed by atoms with Gasteiger partial charge in [0, 0.05) is 25.6 Å². The standard InChI is InChI=1S/C13H21N3O5/c1-7-2-3-8(11(14)18)5-15(7)13(21)16-6-9(17)4-10(16)12(19)20/h7-10,17H,2-6H2,1H3,(H2,14,18)(H,19,20)/t7?,8?,9?,10-/m0/s1. The number of hydrogen-bond donors (Lipinski definition) is 3. The lowest BCUT2D eigenvalue weighted by Gasteiger charge is -2.39. The molecule has 4 atom stereocenters. The Bertz CT molecular complexity index is 455. The highest BCUT2D eigenvalue weighted by molar-refractivity contribution is 5.84. The minimum absolute atomic E-state index is 0.000256. The van der Waals surface area contributed by atoms with E-state index in [1.807, 2.05) is 6.92 Å². The Morgan fingerprint density at radius 3 is 2.38 bits per heavy atom. The Morgan fingerprint density at radius 1 is 1.14 bits per heavy atom. The van der Waals surface area contributed by atoms with Crippen LogP contribution in [0.5, 0.6) is 0 Å². The monoisotopic (exact) mass is 299 g/mol. The third-order valence-corrected chi connectivity index (χ3v) is 4.34. The maximum Gasteiger partial charge on any atom is 0.326 e. The van der Waals surface area contributed by atoms with Gasteiger partial charge in [0.2, 0.25) is 5.91 Å². The Labute approximate surface area is 122 Å². The molecule has 0 aliphatic carbocycles. The van der Waals surface area contributed by atoms with Crippen LogP contribution in [-0.4, -0.2) is 69.2 Å². The van der Waals surface area contributed by atoms with Crippen molar-refractivity contribution in [3.05, 3.63) is 0 Å². The molecule has 0 aromatic rings. The first-order chi connectivity index (χ1) is 9.81. The van der Waals surface area contributed by atoms with Gasteiger partial charge in [0.05, 0.1) is 12.0 Å². The van der Waals surface area contributed by atoms with E-state index in [4.69, 9.17) is 10.8 Å². The van der Waals surface area contributed by atoms with Crippen LogP contribution in [0.4, 0.5) is 4.79 Å². The second kappa shape index (κ2) is 5.88. The minimum Gasteiger partial charge on any atom is -0.480 e. The highest BCUT2D eigenvalue weighted by Crippen LogP contribution is 2.26. The summed E-state index contributed by atoms with van der Waals surface area (Å²) in [6.07, 6.45) is 0.475. The van der Waals surface area contributed by atoms with Gasteiger partial charge >= 0.3 is 12.0 Å². The van der Waals surface area contributed by atoms with E-state index in [1.54, 1.807) is 0 Å². The fourth-order valence-corrected chi connectivity index (χ4v) is 3.03. The summed E-state index contributed by atoms with van der Waals surface area (Å²) in [4.78, 5) is 37.7. The van der Waals surface area contributed by atoms with Crippen LogP contribution >= 0.6 is 0 Å². The highest BCUT2D eigenvalue weighted by Gasteiger charge is 2.43. The first-order valence-electron chi connectivity index (χ1n) is 7.08. The number of nitrogens with two attached hydrogens (primary N) is 1. The SMILES string of the molecule is CC1CCC(C(N)=O)CN1C(=O)N1CC(O)C[C@H]1C(=O)O. The number of β-amino-alcohol motifs (C(OH)–C–C–N with tert-alkyl or cyclic N) is 1. The Kier molecular flexibility index (Phi) is 4.36. The number of carbonyl (C=O) groups is 3. The van der Waals surface area contributed by atoms with Crippen LogP contribution in [0.25, 0.3) is 0 Å². The average molecular weight is 299 g/mol. The van der Waals surface area contributed by atoms with Crippen LogP contribution in [-0.2, 0) is 9.59 Å². The molecular weight excluding hydrogens is 278 g/mol. The summed E-state index contributed by atoms with van der Waals surface area (Å²) in [7, 11) is 0. The van der Waals surface area contributed by atoms with Gasteiger partial charge in [0.15, 0.2) is 0 Å². The second-order valence-electron chi connectivity index (χ2n) is 5.86. The summed E-state index contributed by atoms with van der Waals surface area (Å²) in [6.45, 7) is 2.06. The molecule has 21 heavy (non-hydrogen) atoms. The van der Waals surface area contributed by atoms with Crippen molar-refractivity contribution >= 4 is 17.9 Å². The van der Waals surface area contributed by atoms with Gasteiger partial charge in [-0.1, -0.05) is 0 Å². The van der Waals surface area contributed by atoms with Crippen molar-refractivity contribution in [1.82, 2.24) is 9.80 Å². The molecule has 118 valence electrons. The zero-order valence-electron chi connectivity index (χ0n) is 11.9. The minimum atomic E-state index is -1.13. The predicted molar refractivity (Wildman–Crippen MR) is 72.2 cm³/mol. The number of piperidine rings is 1. The van der Waals surface area contributed by atoms with E-state index in [9.17, 15) is 19.5 Å². The Morgan fingerprint density at radius 2 is 1.81 bits per heavy atom. The van der Waals surface area contributed by atoms with Crippen LogP contribution in [0, 0.1) is 5.92 Å². The number of aliphatic hydroxyl groups excluding tert-OH is 1. The molecule has 0 spiro atoms. The number of carboxylic acids is 1. The molecule has 8 heteroatoms. The number of aliphatic hydroxyl groups is 1. The Balaban J connectivity index is 2.13. The number of likely N-dealkylation sites (tertiary alicyclic amines) is 2. The van der Waals surface area contributed by atoms with Crippen LogP contribution in [0.1, 0.15) is 26.2 Å². The molecule has 2 aliphatic rings. The number of carbonyl (C=O) groups excluding carboxylic acids is 2. The molecule has 0 aromatic heterocycles. The van der Waals surface area contributed by atoms with Gasteiger partial charge in [-0.3, -0.25) is 4.79 Å². The molecule has 3 amide bonds. The van der Waals surface area contributed by atoms with Crippen molar-refractivity contribution in [2.75, 3.05) is 13.1 Å². The summed E-state index contributed by atoms with van der Waals surface area (Å²) in [5.41, 5.74) is 5.30. The number of amides is 3. The fourth-order valence-electron chi connectivity index (χ4n) is 3.03. The summed E-state index contributed by atoms with van der Waals surface area (Å²) < 4.78 is 0. The molecule has 4 N–H and O–H groups in total. The van der Waals surface area contributed by atoms with Crippen LogP contribution < -0.4 is 5.73 Å². The van der Waals surface area contributed by atoms with Crippen molar-refractivity contribution in [3.63, 3.8) is 0 Å². The highest BCUT2D eigenvalue weighted by atomic mass is 16.4. The number of aliphatic carboxylic acids is 1. The van der Waals surface area contributed by atoms with E-state index in [-0.39, 0.29) is 25.6 Å². The predicted octanol–water partition coefficient (Wildman–Crippen LogP) is -0.788. The number of urea groups is 1. The molecule has 8 nitrogen and oxygen atoms in total. The molecule has 2 rings (SSSR count). The molecule has 2 heterocycles. The van der Waals surface area contributed by atoms with Crippen LogP contribution in [0.2, 0.25) is 0 Å². The van der Waals surface area contributed by atoms with Crippen LogP contribution in [0.15, 0.2) is 0 Å². The molecule has 0 radical (unpaired) electrons. The molecule has 2 aliphatic heterocycles. The topological polar surface area (TPSA) is 124 Å². The van der Waals surface area contributed by atoms with Crippen molar-refractivity contribution in [3.8, 4) is 0 Å². The average Bonchev–Trinajstić information content (AvgIpc) is 2.80. The maximum absolute atomic E-state index is 12.6. The zero-order chi connectivity index (χ0) is 15.7. The normalized spacial score (nSPS) is 33.0. The van der Waals surface area contributed by atoms with E-state index in [0.29, 0.717) is 12.8 Å². The quantitative estimate of drug-likeness (QED) is 0.616. The third-order valence-electron chi connectivity index (χ3n) is 4.34. The van der Waals surface area contributed by atoms with E-state index in [2.05, 4.69) is 0 Å². The maximum atomic E-state index is 12.6. The number of primary amides is 1. The van der Waals surface area contributed by atoms with Crippen molar-refractivity contribution in [2.45, 2.75) is 44.4 Å². The van der Waals surface area contributed by atoms with Gasteiger partial charge in [-0.05, 0) is 19.8 Å². The molecule has 0 aromatic carbocycles. The second-order valence-corrected chi connectivity index (χ2v) is 5.86. The number of rotatable bonds is 2. The van der Waals surface area contributed by atoms with Gasteiger partial charge in [-0.25, -0.2) is 9.59 Å². The smallest absolute Gasteiger partial charge is 0.326 e. The first-order valence-corrected chi connectivity index (χ1v) is 7.08. The molecule has 0 saturated carbocycles. The lowest BCUT2D eigenvalue weighted by molar-refractivity contribution is -0.141.